The maximum Gasteiger partial charge on any atom is 0.203 e. The van der Waals surface area contributed by atoms with Crippen LogP contribution in [0.2, 0.25) is 0 Å². The van der Waals surface area contributed by atoms with Crippen LogP contribution in [0.25, 0.3) is 0 Å². The van der Waals surface area contributed by atoms with Crippen molar-refractivity contribution in [2.24, 2.45) is 4.99 Å². The Kier molecular flexibility index (Phi) is 10.7. The Hall–Kier alpha value is -1.46. The number of guanidine groups is 1. The summed E-state index contributed by atoms with van der Waals surface area (Å²) in [4.78, 5) is 9.07. The lowest BCUT2D eigenvalue weighted by atomic mass is 10.1. The van der Waals surface area contributed by atoms with E-state index in [1.54, 1.807) is 28.4 Å². The summed E-state index contributed by atoms with van der Waals surface area (Å²) in [7, 11) is 11.0. The topological polar surface area (TPSA) is 70.6 Å². The Morgan fingerprint density at radius 2 is 1.71 bits per heavy atom. The number of ether oxygens (including phenoxy) is 3. The molecule has 1 fully saturated rings. The lowest BCUT2D eigenvalue weighted by molar-refractivity contribution is 0.116. The number of aliphatic imine (C=N–C) groups is 1. The fourth-order valence-corrected chi connectivity index (χ4v) is 3.18. The van der Waals surface area contributed by atoms with Gasteiger partial charge in [0, 0.05) is 45.8 Å². The van der Waals surface area contributed by atoms with E-state index < -0.39 is 0 Å². The first-order valence-corrected chi connectivity index (χ1v) is 9.14. The van der Waals surface area contributed by atoms with E-state index in [4.69, 9.17) is 14.2 Å². The lowest BCUT2D eigenvalue weighted by Crippen LogP contribution is -2.55. The number of hydrogen-bond acceptors (Lipinski definition) is 6. The Morgan fingerprint density at radius 1 is 1.07 bits per heavy atom. The van der Waals surface area contributed by atoms with Gasteiger partial charge in [0.15, 0.2) is 17.5 Å². The molecule has 0 aliphatic carbocycles. The molecule has 1 aliphatic rings. The van der Waals surface area contributed by atoms with Crippen molar-refractivity contribution in [3.8, 4) is 17.2 Å². The van der Waals surface area contributed by atoms with Crippen molar-refractivity contribution in [2.75, 3.05) is 68.7 Å². The molecule has 1 unspecified atom stereocenters. The van der Waals surface area contributed by atoms with Gasteiger partial charge in [0.2, 0.25) is 5.75 Å². The molecular weight excluding hydrogens is 473 g/mol. The number of hydrogen-bond donors (Lipinski definition) is 2. The molecule has 0 bridgehead atoms. The first-order valence-electron chi connectivity index (χ1n) is 9.14. The summed E-state index contributed by atoms with van der Waals surface area (Å²) in [5.41, 5.74) is 1.02. The van der Waals surface area contributed by atoms with E-state index in [-0.39, 0.29) is 24.0 Å². The van der Waals surface area contributed by atoms with E-state index in [0.717, 1.165) is 37.7 Å². The van der Waals surface area contributed by atoms with E-state index >= 15 is 0 Å². The van der Waals surface area contributed by atoms with Crippen LogP contribution in [0.5, 0.6) is 17.2 Å². The summed E-state index contributed by atoms with van der Waals surface area (Å²) in [6.45, 7) is 4.68. The lowest BCUT2D eigenvalue weighted by Gasteiger charge is -2.37. The highest BCUT2D eigenvalue weighted by molar-refractivity contribution is 14.0. The number of likely N-dealkylation sites (N-methyl/N-ethyl adjacent to an activating group) is 2. The molecule has 8 nitrogen and oxygen atoms in total. The predicted octanol–water partition coefficient (Wildman–Crippen LogP) is 1.24. The first-order chi connectivity index (χ1) is 13.0. The van der Waals surface area contributed by atoms with Crippen LogP contribution in [-0.2, 0) is 6.54 Å². The predicted molar refractivity (Wildman–Crippen MR) is 124 cm³/mol. The van der Waals surface area contributed by atoms with E-state index in [1.807, 2.05) is 12.1 Å². The zero-order valence-electron chi connectivity index (χ0n) is 17.7. The smallest absolute Gasteiger partial charge is 0.203 e. The van der Waals surface area contributed by atoms with Crippen LogP contribution < -0.4 is 24.8 Å². The highest BCUT2D eigenvalue weighted by Crippen LogP contribution is 2.38. The molecule has 160 valence electrons. The van der Waals surface area contributed by atoms with Gasteiger partial charge in [-0.15, -0.1) is 24.0 Å². The Bertz CT molecular complexity index is 619. The maximum atomic E-state index is 5.41. The molecule has 28 heavy (non-hydrogen) atoms. The second-order valence-corrected chi connectivity index (χ2v) is 6.74. The molecule has 2 N–H and O–H groups in total. The monoisotopic (exact) mass is 507 g/mol. The summed E-state index contributed by atoms with van der Waals surface area (Å²) in [6.07, 6.45) is 0. The average Bonchev–Trinajstić information content (AvgIpc) is 2.69. The van der Waals surface area contributed by atoms with Gasteiger partial charge in [-0.1, -0.05) is 0 Å². The van der Waals surface area contributed by atoms with Crippen molar-refractivity contribution >= 4 is 29.9 Å². The van der Waals surface area contributed by atoms with Gasteiger partial charge in [-0.25, -0.2) is 0 Å². The molecule has 0 saturated carbocycles. The van der Waals surface area contributed by atoms with Gasteiger partial charge in [-0.2, -0.15) is 0 Å². The molecule has 0 aromatic heterocycles. The fourth-order valence-electron chi connectivity index (χ4n) is 3.18. The number of halogens is 1. The molecule has 0 spiro atoms. The van der Waals surface area contributed by atoms with E-state index in [1.165, 1.54) is 0 Å². The highest BCUT2D eigenvalue weighted by atomic mass is 127. The minimum atomic E-state index is 0. The van der Waals surface area contributed by atoms with Crippen LogP contribution in [-0.4, -0.2) is 90.5 Å². The Labute approximate surface area is 185 Å². The third-order valence-electron chi connectivity index (χ3n) is 4.89. The zero-order chi connectivity index (χ0) is 19.8. The second kappa shape index (κ2) is 12.2. The summed E-state index contributed by atoms with van der Waals surface area (Å²) in [5, 5.41) is 6.77. The van der Waals surface area contributed by atoms with Crippen LogP contribution >= 0.6 is 24.0 Å². The molecule has 0 radical (unpaired) electrons. The summed E-state index contributed by atoms with van der Waals surface area (Å²) in [6, 6.07) is 4.33. The van der Waals surface area contributed by atoms with Gasteiger partial charge in [0.25, 0.3) is 0 Å². The van der Waals surface area contributed by atoms with Gasteiger partial charge >= 0.3 is 0 Å². The molecule has 9 heteroatoms. The van der Waals surface area contributed by atoms with Crippen LogP contribution in [0.3, 0.4) is 0 Å². The van der Waals surface area contributed by atoms with Gasteiger partial charge in [0.05, 0.1) is 21.3 Å². The van der Waals surface area contributed by atoms with Crippen LogP contribution in [0, 0.1) is 0 Å². The Morgan fingerprint density at radius 3 is 2.25 bits per heavy atom. The van der Waals surface area contributed by atoms with Crippen molar-refractivity contribution in [3.05, 3.63) is 17.7 Å². The molecule has 1 aliphatic heterocycles. The van der Waals surface area contributed by atoms with Crippen molar-refractivity contribution < 1.29 is 14.2 Å². The molecule has 1 aromatic carbocycles. The van der Waals surface area contributed by atoms with Gasteiger partial charge in [-0.05, 0) is 31.8 Å². The molecule has 1 atom stereocenters. The average molecular weight is 507 g/mol. The van der Waals surface area contributed by atoms with Crippen LogP contribution in [0.15, 0.2) is 17.1 Å². The minimum Gasteiger partial charge on any atom is -0.493 e. The molecule has 1 heterocycles. The molecule has 1 aromatic rings. The van der Waals surface area contributed by atoms with Gasteiger partial charge in [0.1, 0.15) is 0 Å². The van der Waals surface area contributed by atoms with E-state index in [0.29, 0.717) is 29.8 Å². The SMILES string of the molecule is CN=C(NCc1cc(OC)c(OC)c(OC)c1)NCC1CN(C)CCN1C.I. The third kappa shape index (κ3) is 6.56. The molecule has 2 rings (SSSR count). The summed E-state index contributed by atoms with van der Waals surface area (Å²) >= 11 is 0. The zero-order valence-corrected chi connectivity index (χ0v) is 20.1. The number of nitrogens with zero attached hydrogens (tertiary/aromatic N) is 3. The van der Waals surface area contributed by atoms with Crippen molar-refractivity contribution in [1.82, 2.24) is 20.4 Å². The molecule has 0 amide bonds. The quantitative estimate of drug-likeness (QED) is 0.327. The van der Waals surface area contributed by atoms with Gasteiger partial charge < -0.3 is 29.7 Å². The Balaban J connectivity index is 0.00000392. The van der Waals surface area contributed by atoms with E-state index in [9.17, 15) is 0 Å². The highest BCUT2D eigenvalue weighted by Gasteiger charge is 2.22. The third-order valence-corrected chi connectivity index (χ3v) is 4.89. The van der Waals surface area contributed by atoms with Crippen LogP contribution in [0.1, 0.15) is 5.56 Å². The number of piperazine rings is 1. The van der Waals surface area contributed by atoms with Crippen molar-refractivity contribution in [3.63, 3.8) is 0 Å². The normalized spacial score (nSPS) is 18.2. The van der Waals surface area contributed by atoms with Crippen LogP contribution in [0.4, 0.5) is 0 Å². The number of benzene rings is 1. The summed E-state index contributed by atoms with van der Waals surface area (Å²) < 4.78 is 16.2. The van der Waals surface area contributed by atoms with E-state index in [2.05, 4.69) is 39.5 Å². The number of rotatable bonds is 7. The first kappa shape index (κ1) is 24.6. The molecule has 1 saturated heterocycles. The minimum absolute atomic E-state index is 0. The summed E-state index contributed by atoms with van der Waals surface area (Å²) in [5.74, 6) is 2.65. The molecular formula is C19H34IN5O3. The van der Waals surface area contributed by atoms with Crippen molar-refractivity contribution in [2.45, 2.75) is 12.6 Å². The fraction of sp³-hybridized carbons (Fsp3) is 0.632. The largest absolute Gasteiger partial charge is 0.493 e. The second-order valence-electron chi connectivity index (χ2n) is 6.74. The standard InChI is InChI=1S/C19H33N5O3.HI/c1-20-19(22-12-15-13-23(2)7-8-24(15)3)21-11-14-9-16(25-4)18(27-6)17(10-14)26-5;/h9-10,15H,7-8,11-13H2,1-6H3,(H2,20,21,22);1H. The maximum absolute atomic E-state index is 5.41. The van der Waals surface area contributed by atoms with Gasteiger partial charge in [-0.3, -0.25) is 9.89 Å². The van der Waals surface area contributed by atoms with Crippen molar-refractivity contribution in [1.29, 1.82) is 0 Å². The number of methoxy groups -OCH3 is 3. The number of nitrogens with one attached hydrogen (secondary N) is 2.